The monoisotopic (exact) mass is 304 g/mol. The molecule has 0 aromatic carbocycles. The van der Waals surface area contributed by atoms with Crippen LogP contribution in [0, 0.1) is 6.92 Å². The summed E-state index contributed by atoms with van der Waals surface area (Å²) in [6, 6.07) is 5.29. The second kappa shape index (κ2) is 6.99. The average Bonchev–Trinajstić information content (AvgIpc) is 2.81. The summed E-state index contributed by atoms with van der Waals surface area (Å²) in [6.45, 7) is 3.93. The quantitative estimate of drug-likeness (QED) is 0.862. The number of ether oxygens (including phenoxy) is 1. The highest BCUT2D eigenvalue weighted by Gasteiger charge is 2.17. The molecule has 2 aromatic heterocycles. The van der Waals surface area contributed by atoms with Crippen LogP contribution in [0.3, 0.4) is 0 Å². The molecule has 0 aliphatic rings. The number of anilines is 1. The Morgan fingerprint density at radius 3 is 2.71 bits per heavy atom. The van der Waals surface area contributed by atoms with E-state index in [4.69, 9.17) is 4.74 Å². The molecule has 0 bridgehead atoms. The lowest BCUT2D eigenvalue weighted by atomic mass is 10.2. The van der Waals surface area contributed by atoms with Gasteiger partial charge >= 0.3 is 5.97 Å². The van der Waals surface area contributed by atoms with Gasteiger partial charge in [-0.2, -0.15) is 0 Å². The highest BCUT2D eigenvalue weighted by Crippen LogP contribution is 2.28. The van der Waals surface area contributed by atoms with E-state index in [1.165, 1.54) is 11.3 Å². The molecule has 1 amide bonds. The highest BCUT2D eigenvalue weighted by molar-refractivity contribution is 7.16. The summed E-state index contributed by atoms with van der Waals surface area (Å²) in [5.74, 6) is -0.588. The number of hydrogen-bond donors (Lipinski definition) is 1. The summed E-state index contributed by atoms with van der Waals surface area (Å²) < 4.78 is 4.99. The van der Waals surface area contributed by atoms with Gasteiger partial charge in [0.15, 0.2) is 0 Å². The number of carbonyl (C=O) groups is 2. The van der Waals surface area contributed by atoms with Gasteiger partial charge in [-0.05, 0) is 37.6 Å². The predicted molar refractivity (Wildman–Crippen MR) is 81.6 cm³/mol. The molecule has 21 heavy (non-hydrogen) atoms. The number of nitrogens with zero attached hydrogens (tertiary/aromatic N) is 1. The van der Waals surface area contributed by atoms with Crippen molar-refractivity contribution >= 4 is 28.2 Å². The van der Waals surface area contributed by atoms with E-state index in [2.05, 4.69) is 10.3 Å². The van der Waals surface area contributed by atoms with E-state index in [0.29, 0.717) is 17.2 Å². The second-order valence-electron chi connectivity index (χ2n) is 4.40. The van der Waals surface area contributed by atoms with Crippen LogP contribution in [0.1, 0.15) is 27.7 Å². The Morgan fingerprint density at radius 2 is 2.05 bits per heavy atom. The molecule has 0 aliphatic heterocycles. The fourth-order valence-corrected chi connectivity index (χ4v) is 2.74. The molecule has 0 radical (unpaired) electrons. The minimum absolute atomic E-state index is 0.173. The predicted octanol–water partition coefficient (Wildman–Crippen LogP) is 2.81. The number of thiophene rings is 1. The fourth-order valence-electron chi connectivity index (χ4n) is 1.82. The Bertz CT molecular complexity index is 638. The number of esters is 1. The number of aromatic nitrogens is 1. The third-order valence-electron chi connectivity index (χ3n) is 2.72. The molecule has 110 valence electrons. The molecule has 6 heteroatoms. The van der Waals surface area contributed by atoms with Gasteiger partial charge < -0.3 is 10.1 Å². The number of nitrogens with one attached hydrogen (secondary N) is 1. The van der Waals surface area contributed by atoms with E-state index < -0.39 is 5.97 Å². The highest BCUT2D eigenvalue weighted by atomic mass is 32.1. The van der Waals surface area contributed by atoms with Crippen LogP contribution in [0.15, 0.2) is 30.6 Å². The maximum atomic E-state index is 12.0. The van der Waals surface area contributed by atoms with Crippen molar-refractivity contribution in [2.75, 3.05) is 11.9 Å². The Kier molecular flexibility index (Phi) is 5.05. The van der Waals surface area contributed by atoms with E-state index in [1.807, 2.05) is 6.92 Å². The fraction of sp³-hybridized carbons (Fsp3) is 0.267. The lowest BCUT2D eigenvalue weighted by Crippen LogP contribution is -2.16. The zero-order valence-electron chi connectivity index (χ0n) is 11.9. The molecule has 2 aromatic rings. The Balaban J connectivity index is 2.09. The van der Waals surface area contributed by atoms with E-state index in [9.17, 15) is 9.59 Å². The van der Waals surface area contributed by atoms with Crippen molar-refractivity contribution in [2.24, 2.45) is 0 Å². The summed E-state index contributed by atoms with van der Waals surface area (Å²) in [4.78, 5) is 28.7. The summed E-state index contributed by atoms with van der Waals surface area (Å²) in [5, 5.41) is 3.31. The standard InChI is InChI=1S/C15H16N2O3S/c1-3-20-15(19)12-8-10(2)21-14(12)17-13(18)9-11-4-6-16-7-5-11/h4-8H,3,9H2,1-2H3,(H,17,18). The molecule has 0 saturated carbocycles. The van der Waals surface area contributed by atoms with Crippen molar-refractivity contribution in [3.05, 3.63) is 46.6 Å². The number of amides is 1. The van der Waals surface area contributed by atoms with Crippen molar-refractivity contribution in [3.8, 4) is 0 Å². The molecule has 0 fully saturated rings. The number of pyridine rings is 1. The zero-order chi connectivity index (χ0) is 15.2. The molecule has 0 atom stereocenters. The summed E-state index contributed by atoms with van der Waals surface area (Å²) in [6.07, 6.45) is 3.52. The van der Waals surface area contributed by atoms with E-state index in [1.54, 1.807) is 37.5 Å². The second-order valence-corrected chi connectivity index (χ2v) is 5.66. The molecule has 5 nitrogen and oxygen atoms in total. The van der Waals surface area contributed by atoms with Gasteiger partial charge in [0.2, 0.25) is 5.91 Å². The molecule has 0 aliphatic carbocycles. The first kappa shape index (κ1) is 15.2. The number of carbonyl (C=O) groups excluding carboxylic acids is 2. The van der Waals surface area contributed by atoms with Crippen LogP contribution in [0.25, 0.3) is 0 Å². The first-order chi connectivity index (χ1) is 10.1. The molecule has 2 rings (SSSR count). The SMILES string of the molecule is CCOC(=O)c1cc(C)sc1NC(=O)Cc1ccncc1. The average molecular weight is 304 g/mol. The maximum Gasteiger partial charge on any atom is 0.341 e. The normalized spacial score (nSPS) is 10.2. The Hall–Kier alpha value is -2.21. The van der Waals surface area contributed by atoms with Crippen molar-refractivity contribution in [2.45, 2.75) is 20.3 Å². The van der Waals surface area contributed by atoms with Crippen molar-refractivity contribution in [3.63, 3.8) is 0 Å². The smallest absolute Gasteiger partial charge is 0.341 e. The van der Waals surface area contributed by atoms with Crippen LogP contribution in [0.2, 0.25) is 0 Å². The minimum Gasteiger partial charge on any atom is -0.462 e. The van der Waals surface area contributed by atoms with Gasteiger partial charge in [-0.3, -0.25) is 9.78 Å². The topological polar surface area (TPSA) is 68.3 Å². The van der Waals surface area contributed by atoms with Crippen molar-refractivity contribution < 1.29 is 14.3 Å². The summed E-state index contributed by atoms with van der Waals surface area (Å²) in [7, 11) is 0. The molecular weight excluding hydrogens is 288 g/mol. The van der Waals surface area contributed by atoms with E-state index in [-0.39, 0.29) is 12.3 Å². The Morgan fingerprint density at radius 1 is 1.33 bits per heavy atom. The first-order valence-corrected chi connectivity index (χ1v) is 7.38. The zero-order valence-corrected chi connectivity index (χ0v) is 12.7. The molecule has 0 saturated heterocycles. The molecule has 1 N–H and O–H groups in total. The lowest BCUT2D eigenvalue weighted by molar-refractivity contribution is -0.115. The van der Waals surface area contributed by atoms with Crippen molar-refractivity contribution in [1.29, 1.82) is 0 Å². The first-order valence-electron chi connectivity index (χ1n) is 6.56. The number of hydrogen-bond acceptors (Lipinski definition) is 5. The summed E-state index contributed by atoms with van der Waals surface area (Å²) in [5.41, 5.74) is 1.27. The summed E-state index contributed by atoms with van der Waals surface area (Å²) >= 11 is 1.36. The largest absolute Gasteiger partial charge is 0.462 e. The van der Waals surface area contributed by atoms with Crippen LogP contribution < -0.4 is 5.32 Å². The number of rotatable bonds is 5. The molecule has 0 spiro atoms. The maximum absolute atomic E-state index is 12.0. The van der Waals surface area contributed by atoms with Crippen LogP contribution in [-0.4, -0.2) is 23.5 Å². The van der Waals surface area contributed by atoms with Gasteiger partial charge in [0.1, 0.15) is 5.00 Å². The lowest BCUT2D eigenvalue weighted by Gasteiger charge is -2.06. The van der Waals surface area contributed by atoms with E-state index in [0.717, 1.165) is 10.4 Å². The molecule has 0 unspecified atom stereocenters. The third kappa shape index (κ3) is 4.13. The van der Waals surface area contributed by atoms with Gasteiger partial charge in [-0.25, -0.2) is 4.79 Å². The van der Waals surface area contributed by atoms with E-state index >= 15 is 0 Å². The van der Waals surface area contributed by atoms with Gasteiger partial charge in [-0.15, -0.1) is 11.3 Å². The van der Waals surface area contributed by atoms with Gasteiger partial charge in [0.05, 0.1) is 18.6 Å². The van der Waals surface area contributed by atoms with Crippen LogP contribution in [0.4, 0.5) is 5.00 Å². The van der Waals surface area contributed by atoms with Crippen molar-refractivity contribution in [1.82, 2.24) is 4.98 Å². The van der Waals surface area contributed by atoms with Gasteiger partial charge in [-0.1, -0.05) is 0 Å². The van der Waals surface area contributed by atoms with Crippen LogP contribution in [0.5, 0.6) is 0 Å². The van der Waals surface area contributed by atoms with Crippen LogP contribution >= 0.6 is 11.3 Å². The minimum atomic E-state index is -0.416. The molecule has 2 heterocycles. The molecular formula is C15H16N2O3S. The Labute approximate surface area is 127 Å². The third-order valence-corrected chi connectivity index (χ3v) is 3.68. The number of aryl methyl sites for hydroxylation is 1. The van der Waals surface area contributed by atoms with Gasteiger partial charge in [0.25, 0.3) is 0 Å². The van der Waals surface area contributed by atoms with Crippen LogP contribution in [-0.2, 0) is 16.0 Å². The van der Waals surface area contributed by atoms with Gasteiger partial charge in [0, 0.05) is 17.3 Å².